The lowest BCUT2D eigenvalue weighted by molar-refractivity contribution is 0.262. The van der Waals surface area contributed by atoms with E-state index in [0.29, 0.717) is 38.6 Å². The number of nitrogens with zero attached hydrogens (tertiary/aromatic N) is 3. The first-order valence-corrected chi connectivity index (χ1v) is 11.1. The number of rotatable bonds is 5. The molecule has 0 spiro atoms. The minimum atomic E-state index is -0.360. The highest BCUT2D eigenvalue weighted by molar-refractivity contribution is 6.31. The summed E-state index contributed by atoms with van der Waals surface area (Å²) in [5.41, 5.74) is 4.28. The van der Waals surface area contributed by atoms with Gasteiger partial charge in [0.1, 0.15) is 0 Å². The molecule has 0 bridgehead atoms. The molecular formula is C25H18Cl2N6O. The molecule has 5 rings (SSSR count). The van der Waals surface area contributed by atoms with Crippen LogP contribution in [0, 0.1) is 0 Å². The number of amides is 2. The molecule has 7 nitrogen and oxygen atoms in total. The van der Waals surface area contributed by atoms with E-state index in [0.717, 1.165) is 11.3 Å². The van der Waals surface area contributed by atoms with Crippen LogP contribution in [0.1, 0.15) is 0 Å². The molecule has 0 saturated heterocycles. The predicted molar refractivity (Wildman–Crippen MR) is 137 cm³/mol. The van der Waals surface area contributed by atoms with Crippen molar-refractivity contribution in [3.05, 3.63) is 101 Å². The molecule has 0 aliphatic heterocycles. The van der Waals surface area contributed by atoms with Crippen LogP contribution in [0.15, 0.2) is 91.4 Å². The maximum Gasteiger partial charge on any atom is 0.323 e. The molecule has 168 valence electrons. The second kappa shape index (κ2) is 9.43. The Morgan fingerprint density at radius 2 is 1.59 bits per heavy atom. The highest BCUT2D eigenvalue weighted by atomic mass is 35.5. The molecule has 9 heteroatoms. The molecule has 2 amide bonds. The molecule has 2 heterocycles. The van der Waals surface area contributed by atoms with E-state index in [2.05, 4.69) is 20.9 Å². The molecule has 0 radical (unpaired) electrons. The molecule has 3 N–H and O–H groups in total. The lowest BCUT2D eigenvalue weighted by Crippen LogP contribution is -2.19. The monoisotopic (exact) mass is 488 g/mol. The number of hydrogen-bond donors (Lipinski definition) is 3. The Balaban J connectivity index is 1.41. The SMILES string of the molecule is O=C(Nc1ccc(Cl)cc1)Nc1cccc(-c2cn3ccnc3c(Nc3cccc(Cl)c3)n2)c1. The van der Waals surface area contributed by atoms with E-state index in [9.17, 15) is 4.79 Å². The average molecular weight is 489 g/mol. The van der Waals surface area contributed by atoms with Gasteiger partial charge in [-0.3, -0.25) is 0 Å². The third kappa shape index (κ3) is 4.96. The predicted octanol–water partition coefficient (Wildman–Crippen LogP) is 7.09. The van der Waals surface area contributed by atoms with Crippen molar-refractivity contribution in [2.24, 2.45) is 0 Å². The van der Waals surface area contributed by atoms with Gasteiger partial charge in [0.15, 0.2) is 11.5 Å². The minimum absolute atomic E-state index is 0.360. The fraction of sp³-hybridized carbons (Fsp3) is 0. The van der Waals surface area contributed by atoms with Crippen LogP contribution < -0.4 is 16.0 Å². The van der Waals surface area contributed by atoms with Crippen molar-refractivity contribution in [2.75, 3.05) is 16.0 Å². The topological polar surface area (TPSA) is 83.4 Å². The first-order chi connectivity index (χ1) is 16.5. The van der Waals surface area contributed by atoms with Gasteiger partial charge in [-0.05, 0) is 54.6 Å². The molecule has 0 saturated carbocycles. The summed E-state index contributed by atoms with van der Waals surface area (Å²) in [6.07, 6.45) is 5.45. The maximum absolute atomic E-state index is 12.4. The summed E-state index contributed by atoms with van der Waals surface area (Å²) in [6, 6.07) is 21.4. The number of aromatic nitrogens is 3. The van der Waals surface area contributed by atoms with Crippen molar-refractivity contribution in [3.63, 3.8) is 0 Å². The van der Waals surface area contributed by atoms with Crippen molar-refractivity contribution in [1.29, 1.82) is 0 Å². The highest BCUT2D eigenvalue weighted by Crippen LogP contribution is 2.27. The third-order valence-corrected chi connectivity index (χ3v) is 5.47. The molecule has 3 aromatic carbocycles. The molecule has 0 unspecified atom stereocenters. The van der Waals surface area contributed by atoms with E-state index < -0.39 is 0 Å². The summed E-state index contributed by atoms with van der Waals surface area (Å²) < 4.78 is 1.89. The van der Waals surface area contributed by atoms with Crippen LogP contribution in [0.3, 0.4) is 0 Å². The number of carbonyl (C=O) groups excluding carboxylic acids is 1. The molecule has 2 aromatic heterocycles. The fourth-order valence-corrected chi connectivity index (χ4v) is 3.76. The zero-order valence-corrected chi connectivity index (χ0v) is 19.2. The van der Waals surface area contributed by atoms with Crippen molar-refractivity contribution in [2.45, 2.75) is 0 Å². The largest absolute Gasteiger partial charge is 0.337 e. The number of anilines is 4. The van der Waals surface area contributed by atoms with Crippen LogP contribution in [-0.2, 0) is 0 Å². The van der Waals surface area contributed by atoms with Gasteiger partial charge in [-0.1, -0.05) is 41.4 Å². The Morgan fingerprint density at radius 1 is 0.824 bits per heavy atom. The summed E-state index contributed by atoms with van der Waals surface area (Å²) in [5, 5.41) is 10.1. The molecular weight excluding hydrogens is 471 g/mol. The van der Waals surface area contributed by atoms with E-state index in [1.165, 1.54) is 0 Å². The summed E-state index contributed by atoms with van der Waals surface area (Å²) >= 11 is 12.0. The van der Waals surface area contributed by atoms with Crippen LogP contribution in [0.2, 0.25) is 10.0 Å². The Hall–Kier alpha value is -4.07. The first-order valence-electron chi connectivity index (χ1n) is 10.3. The van der Waals surface area contributed by atoms with E-state index in [1.807, 2.05) is 65.3 Å². The van der Waals surface area contributed by atoms with Crippen molar-refractivity contribution >= 4 is 57.8 Å². The van der Waals surface area contributed by atoms with Gasteiger partial charge in [0, 0.05) is 51.3 Å². The molecule has 0 aliphatic rings. The Labute approximate surface area is 205 Å². The van der Waals surface area contributed by atoms with Crippen LogP contribution in [-0.4, -0.2) is 20.4 Å². The molecule has 0 atom stereocenters. The van der Waals surface area contributed by atoms with Gasteiger partial charge >= 0.3 is 6.03 Å². The first kappa shape index (κ1) is 21.8. The molecule has 0 fully saturated rings. The van der Waals surface area contributed by atoms with Gasteiger partial charge < -0.3 is 20.4 Å². The molecule has 0 aliphatic carbocycles. The van der Waals surface area contributed by atoms with Crippen LogP contribution >= 0.6 is 23.2 Å². The minimum Gasteiger partial charge on any atom is -0.337 e. The Bertz CT molecular complexity index is 1480. The normalized spacial score (nSPS) is 10.8. The van der Waals surface area contributed by atoms with E-state index in [1.54, 1.807) is 30.5 Å². The summed E-state index contributed by atoms with van der Waals surface area (Å²) in [5.74, 6) is 0.587. The average Bonchev–Trinajstić information content (AvgIpc) is 3.30. The number of hydrogen-bond acceptors (Lipinski definition) is 4. The van der Waals surface area contributed by atoms with Gasteiger partial charge in [-0.15, -0.1) is 0 Å². The standard InChI is InChI=1S/C25H18Cl2N6O/c26-17-7-9-19(10-8-17)30-25(34)31-20-5-1-3-16(13-20)22-15-33-12-11-28-24(33)23(32-22)29-21-6-2-4-18(27)14-21/h1-15H,(H,29,32)(H2,30,31,34). The second-order valence-electron chi connectivity index (χ2n) is 7.44. The van der Waals surface area contributed by atoms with Gasteiger partial charge in [-0.25, -0.2) is 14.8 Å². The zero-order valence-electron chi connectivity index (χ0n) is 17.7. The number of halogens is 2. The number of carbonyl (C=O) groups is 1. The number of fused-ring (bicyclic) bond motifs is 1. The summed E-state index contributed by atoms with van der Waals surface area (Å²) in [7, 11) is 0. The Morgan fingerprint density at radius 3 is 2.41 bits per heavy atom. The lowest BCUT2D eigenvalue weighted by Gasteiger charge is -2.12. The van der Waals surface area contributed by atoms with E-state index in [-0.39, 0.29) is 6.03 Å². The number of benzene rings is 3. The van der Waals surface area contributed by atoms with Gasteiger partial charge in [0.25, 0.3) is 0 Å². The van der Waals surface area contributed by atoms with Crippen LogP contribution in [0.4, 0.5) is 27.7 Å². The Kier molecular flexibility index (Phi) is 6.03. The summed E-state index contributed by atoms with van der Waals surface area (Å²) in [6.45, 7) is 0. The third-order valence-electron chi connectivity index (χ3n) is 4.98. The lowest BCUT2D eigenvalue weighted by atomic mass is 10.1. The number of urea groups is 1. The fourth-order valence-electron chi connectivity index (χ4n) is 3.44. The quantitative estimate of drug-likeness (QED) is 0.246. The van der Waals surface area contributed by atoms with Crippen molar-refractivity contribution < 1.29 is 4.79 Å². The zero-order chi connectivity index (χ0) is 23.5. The molecule has 5 aromatic rings. The molecule has 34 heavy (non-hydrogen) atoms. The number of nitrogens with one attached hydrogen (secondary N) is 3. The van der Waals surface area contributed by atoms with Crippen LogP contribution in [0.25, 0.3) is 16.9 Å². The van der Waals surface area contributed by atoms with Gasteiger partial charge in [-0.2, -0.15) is 0 Å². The smallest absolute Gasteiger partial charge is 0.323 e. The van der Waals surface area contributed by atoms with Crippen molar-refractivity contribution in [1.82, 2.24) is 14.4 Å². The van der Waals surface area contributed by atoms with E-state index >= 15 is 0 Å². The van der Waals surface area contributed by atoms with Crippen molar-refractivity contribution in [3.8, 4) is 11.3 Å². The second-order valence-corrected chi connectivity index (χ2v) is 8.31. The van der Waals surface area contributed by atoms with Crippen LogP contribution in [0.5, 0.6) is 0 Å². The van der Waals surface area contributed by atoms with Gasteiger partial charge in [0.2, 0.25) is 0 Å². The summed E-state index contributed by atoms with van der Waals surface area (Å²) in [4.78, 5) is 21.6. The van der Waals surface area contributed by atoms with Gasteiger partial charge in [0.05, 0.1) is 5.69 Å². The highest BCUT2D eigenvalue weighted by Gasteiger charge is 2.11. The number of imidazole rings is 1. The van der Waals surface area contributed by atoms with E-state index in [4.69, 9.17) is 28.2 Å². The maximum atomic E-state index is 12.4.